The molecular weight excluding hydrogens is 412 g/mol. The number of aromatic nitrogens is 1. The Balaban J connectivity index is 1.56. The molecule has 4 rings (SSSR count). The lowest BCUT2D eigenvalue weighted by Gasteiger charge is -2.11. The second-order valence-electron chi connectivity index (χ2n) is 7.30. The first kappa shape index (κ1) is 20.3. The van der Waals surface area contributed by atoms with Crippen molar-refractivity contribution >= 4 is 27.0 Å². The van der Waals surface area contributed by atoms with Gasteiger partial charge in [-0.15, -0.1) is 11.3 Å². The van der Waals surface area contributed by atoms with Crippen molar-refractivity contribution in [2.24, 2.45) is 0 Å². The van der Waals surface area contributed by atoms with E-state index in [0.717, 1.165) is 33.0 Å². The summed E-state index contributed by atoms with van der Waals surface area (Å²) in [6, 6.07) is 20.8. The summed E-state index contributed by atoms with van der Waals surface area (Å²) >= 11 is 1.60. The van der Waals surface area contributed by atoms with Crippen LogP contribution in [0.3, 0.4) is 0 Å². The maximum atomic E-state index is 12.8. The van der Waals surface area contributed by atoms with Crippen molar-refractivity contribution in [2.75, 3.05) is 4.72 Å². The van der Waals surface area contributed by atoms with E-state index in [1.54, 1.807) is 42.5 Å². The average Bonchev–Trinajstić information content (AvgIpc) is 3.18. The van der Waals surface area contributed by atoms with Gasteiger partial charge in [-0.2, -0.15) is 0 Å². The van der Waals surface area contributed by atoms with Crippen LogP contribution in [0.1, 0.15) is 16.7 Å². The van der Waals surface area contributed by atoms with Gasteiger partial charge in [-0.05, 0) is 50.1 Å². The SMILES string of the molecule is Cc1ccc(S(=O)(=O)Nc2ccc(-c3csc(-c4ccccc4C)n3)cc2)c(C)c1. The molecule has 30 heavy (non-hydrogen) atoms. The van der Waals surface area contributed by atoms with Crippen LogP contribution in [-0.2, 0) is 10.0 Å². The Hall–Kier alpha value is -2.96. The van der Waals surface area contributed by atoms with Crippen LogP contribution in [0.2, 0.25) is 0 Å². The third kappa shape index (κ3) is 4.15. The molecule has 0 radical (unpaired) electrons. The fraction of sp³-hybridized carbons (Fsp3) is 0.125. The van der Waals surface area contributed by atoms with Gasteiger partial charge in [-0.1, -0.05) is 54.1 Å². The van der Waals surface area contributed by atoms with Gasteiger partial charge in [-0.3, -0.25) is 4.72 Å². The molecule has 1 aromatic heterocycles. The van der Waals surface area contributed by atoms with Gasteiger partial charge in [0.15, 0.2) is 0 Å². The van der Waals surface area contributed by atoms with Crippen LogP contribution >= 0.6 is 11.3 Å². The van der Waals surface area contributed by atoms with Crippen molar-refractivity contribution in [3.8, 4) is 21.8 Å². The first-order valence-electron chi connectivity index (χ1n) is 9.55. The first-order valence-corrected chi connectivity index (χ1v) is 11.9. The molecule has 6 heteroatoms. The van der Waals surface area contributed by atoms with Crippen LogP contribution < -0.4 is 4.72 Å². The fourth-order valence-corrected chi connectivity index (χ4v) is 5.57. The largest absolute Gasteiger partial charge is 0.280 e. The van der Waals surface area contributed by atoms with E-state index >= 15 is 0 Å². The maximum Gasteiger partial charge on any atom is 0.262 e. The molecule has 4 aromatic rings. The Morgan fingerprint density at radius 3 is 2.30 bits per heavy atom. The summed E-state index contributed by atoms with van der Waals surface area (Å²) in [7, 11) is -3.64. The van der Waals surface area contributed by atoms with E-state index in [1.165, 1.54) is 5.56 Å². The summed E-state index contributed by atoms with van der Waals surface area (Å²) < 4.78 is 28.2. The van der Waals surface area contributed by atoms with Crippen LogP contribution in [0.4, 0.5) is 5.69 Å². The van der Waals surface area contributed by atoms with E-state index in [0.29, 0.717) is 10.6 Å². The normalized spacial score (nSPS) is 11.4. The Bertz CT molecular complexity index is 1310. The number of rotatable bonds is 5. The van der Waals surface area contributed by atoms with Crippen LogP contribution in [0.25, 0.3) is 21.8 Å². The third-order valence-electron chi connectivity index (χ3n) is 4.93. The highest BCUT2D eigenvalue weighted by Crippen LogP contribution is 2.31. The molecule has 0 bridgehead atoms. The number of benzene rings is 3. The highest BCUT2D eigenvalue weighted by atomic mass is 32.2. The molecule has 1 heterocycles. The minimum Gasteiger partial charge on any atom is -0.280 e. The van der Waals surface area contributed by atoms with Gasteiger partial charge in [0.05, 0.1) is 10.6 Å². The van der Waals surface area contributed by atoms with Crippen molar-refractivity contribution < 1.29 is 8.42 Å². The lowest BCUT2D eigenvalue weighted by Crippen LogP contribution is -2.14. The molecule has 0 fully saturated rings. The number of anilines is 1. The summed E-state index contributed by atoms with van der Waals surface area (Å²) in [5.41, 5.74) is 6.42. The molecule has 3 aromatic carbocycles. The number of aryl methyl sites for hydroxylation is 3. The number of sulfonamides is 1. The van der Waals surface area contributed by atoms with Gasteiger partial charge in [0.25, 0.3) is 10.0 Å². The predicted molar refractivity (Wildman–Crippen MR) is 124 cm³/mol. The molecular formula is C24H22N2O2S2. The highest BCUT2D eigenvalue weighted by molar-refractivity contribution is 7.92. The molecule has 0 atom stereocenters. The Kier molecular flexibility index (Phi) is 5.45. The second kappa shape index (κ2) is 8.05. The smallest absolute Gasteiger partial charge is 0.262 e. The Morgan fingerprint density at radius 2 is 1.60 bits per heavy atom. The van der Waals surface area contributed by atoms with Crippen molar-refractivity contribution in [3.05, 3.63) is 88.8 Å². The van der Waals surface area contributed by atoms with Crippen molar-refractivity contribution in [1.82, 2.24) is 4.98 Å². The predicted octanol–water partition coefficient (Wildman–Crippen LogP) is 6.20. The minimum atomic E-state index is -3.64. The second-order valence-corrected chi connectivity index (χ2v) is 9.81. The molecule has 0 aliphatic rings. The van der Waals surface area contributed by atoms with Gasteiger partial charge in [0.2, 0.25) is 0 Å². The van der Waals surface area contributed by atoms with Gasteiger partial charge >= 0.3 is 0 Å². The summed E-state index contributed by atoms with van der Waals surface area (Å²) in [6.45, 7) is 5.82. The van der Waals surface area contributed by atoms with E-state index in [4.69, 9.17) is 4.98 Å². The summed E-state index contributed by atoms with van der Waals surface area (Å²) in [4.78, 5) is 5.05. The monoisotopic (exact) mass is 434 g/mol. The molecule has 1 N–H and O–H groups in total. The molecule has 0 amide bonds. The van der Waals surface area contributed by atoms with Crippen molar-refractivity contribution in [2.45, 2.75) is 25.7 Å². The first-order chi connectivity index (χ1) is 14.3. The summed E-state index contributed by atoms with van der Waals surface area (Å²) in [5, 5.41) is 3.00. The molecule has 0 aliphatic heterocycles. The summed E-state index contributed by atoms with van der Waals surface area (Å²) in [5.74, 6) is 0. The van der Waals surface area contributed by atoms with E-state index in [-0.39, 0.29) is 0 Å². The van der Waals surface area contributed by atoms with E-state index in [9.17, 15) is 8.42 Å². The zero-order valence-electron chi connectivity index (χ0n) is 17.0. The number of hydrogen-bond donors (Lipinski definition) is 1. The number of thiazole rings is 1. The quantitative estimate of drug-likeness (QED) is 0.407. The summed E-state index contributed by atoms with van der Waals surface area (Å²) in [6.07, 6.45) is 0. The fourth-order valence-electron chi connectivity index (χ4n) is 3.36. The van der Waals surface area contributed by atoms with Crippen LogP contribution in [0.15, 0.2) is 77.0 Å². The van der Waals surface area contributed by atoms with Crippen LogP contribution in [0.5, 0.6) is 0 Å². The number of nitrogens with one attached hydrogen (secondary N) is 1. The van der Waals surface area contributed by atoms with E-state index in [2.05, 4.69) is 23.8 Å². The zero-order valence-corrected chi connectivity index (χ0v) is 18.6. The molecule has 0 unspecified atom stereocenters. The van der Waals surface area contributed by atoms with Crippen LogP contribution in [-0.4, -0.2) is 13.4 Å². The Labute approximate surface area is 181 Å². The van der Waals surface area contributed by atoms with Crippen LogP contribution in [0, 0.1) is 20.8 Å². The van der Waals surface area contributed by atoms with Crippen molar-refractivity contribution in [3.63, 3.8) is 0 Å². The molecule has 4 nitrogen and oxygen atoms in total. The van der Waals surface area contributed by atoms with Gasteiger partial charge in [0.1, 0.15) is 5.01 Å². The molecule has 0 saturated heterocycles. The minimum absolute atomic E-state index is 0.291. The molecule has 0 saturated carbocycles. The lowest BCUT2D eigenvalue weighted by molar-refractivity contribution is 0.600. The van der Waals surface area contributed by atoms with Gasteiger partial charge < -0.3 is 0 Å². The maximum absolute atomic E-state index is 12.8. The topological polar surface area (TPSA) is 59.1 Å². The zero-order chi connectivity index (χ0) is 21.3. The number of hydrogen-bond acceptors (Lipinski definition) is 4. The highest BCUT2D eigenvalue weighted by Gasteiger charge is 2.17. The third-order valence-corrected chi connectivity index (χ3v) is 7.35. The van der Waals surface area contributed by atoms with Gasteiger partial charge in [-0.25, -0.2) is 13.4 Å². The Morgan fingerprint density at radius 1 is 0.867 bits per heavy atom. The standard InChI is InChI=1S/C24H22N2O2S2/c1-16-8-13-23(18(3)14-16)30(27,28)26-20-11-9-19(10-12-20)22-15-29-24(25-22)21-7-5-4-6-17(21)2/h4-15,26H,1-3H3. The average molecular weight is 435 g/mol. The molecule has 152 valence electrons. The lowest BCUT2D eigenvalue weighted by atomic mass is 10.1. The van der Waals surface area contributed by atoms with E-state index in [1.807, 2.05) is 42.6 Å². The van der Waals surface area contributed by atoms with Gasteiger partial charge in [0, 0.05) is 22.2 Å². The number of nitrogens with zero attached hydrogens (tertiary/aromatic N) is 1. The van der Waals surface area contributed by atoms with Crippen molar-refractivity contribution in [1.29, 1.82) is 0 Å². The van der Waals surface area contributed by atoms with E-state index < -0.39 is 10.0 Å². The molecule has 0 aliphatic carbocycles. The molecule has 0 spiro atoms.